The molecule has 0 aromatic heterocycles. The summed E-state index contributed by atoms with van der Waals surface area (Å²) in [5.74, 6) is -1.30. The van der Waals surface area contributed by atoms with Crippen LogP contribution in [0.5, 0.6) is 0 Å². The number of ether oxygens (including phenoxy) is 1. The van der Waals surface area contributed by atoms with E-state index in [1.54, 1.807) is 13.8 Å². The van der Waals surface area contributed by atoms with Crippen LogP contribution in [0.3, 0.4) is 0 Å². The van der Waals surface area contributed by atoms with Gasteiger partial charge in [0.25, 0.3) is 0 Å². The molecule has 6 nitrogen and oxygen atoms in total. The summed E-state index contributed by atoms with van der Waals surface area (Å²) in [7, 11) is 3.87. The summed E-state index contributed by atoms with van der Waals surface area (Å²) in [6.45, 7) is 3.58. The van der Waals surface area contributed by atoms with Gasteiger partial charge in [0.05, 0.1) is 7.11 Å². The molecule has 100 valence electrons. The van der Waals surface area contributed by atoms with Gasteiger partial charge >= 0.3 is 11.9 Å². The number of nitrogens with two attached hydrogens (primary N) is 2. The number of carboxylic acid groups (broad SMARTS) is 1. The van der Waals surface area contributed by atoms with Gasteiger partial charge in [0.2, 0.25) is 0 Å². The monoisotopic (exact) mass is 282 g/mol. The van der Waals surface area contributed by atoms with Crippen molar-refractivity contribution in [2.24, 2.45) is 11.5 Å². The normalized spacial score (nSPS) is 15.1. The van der Waals surface area contributed by atoms with Crippen molar-refractivity contribution in [2.75, 3.05) is 12.9 Å². The second-order valence-corrected chi connectivity index (χ2v) is 6.91. The third-order valence-corrected chi connectivity index (χ3v) is 5.39. The molecule has 0 aromatic rings. The van der Waals surface area contributed by atoms with E-state index in [1.807, 2.05) is 0 Å². The maximum absolute atomic E-state index is 11.3. The lowest BCUT2D eigenvalue weighted by atomic mass is 10.1. The molecule has 8 heteroatoms. The maximum atomic E-state index is 11.3. The van der Waals surface area contributed by atoms with Crippen LogP contribution >= 0.6 is 21.6 Å². The number of esters is 1. The lowest BCUT2D eigenvalue weighted by Gasteiger charge is -2.28. The van der Waals surface area contributed by atoms with Gasteiger partial charge in [-0.1, -0.05) is 21.6 Å². The highest BCUT2D eigenvalue weighted by Crippen LogP contribution is 2.37. The van der Waals surface area contributed by atoms with Gasteiger partial charge in [-0.2, -0.15) is 0 Å². The Morgan fingerprint density at radius 3 is 2.35 bits per heavy atom. The summed E-state index contributed by atoms with van der Waals surface area (Å²) in [6, 6.07) is -1.69. The van der Waals surface area contributed by atoms with Crippen LogP contribution in [0.1, 0.15) is 13.8 Å². The molecule has 0 amide bonds. The van der Waals surface area contributed by atoms with Crippen LogP contribution in [0, 0.1) is 0 Å². The topological polar surface area (TPSA) is 116 Å². The van der Waals surface area contributed by atoms with E-state index in [9.17, 15) is 9.59 Å². The number of rotatable bonds is 7. The van der Waals surface area contributed by atoms with E-state index in [1.165, 1.54) is 28.7 Å². The number of carbonyl (C=O) groups excluding carboxylic acids is 1. The third kappa shape index (κ3) is 5.62. The van der Waals surface area contributed by atoms with Crippen molar-refractivity contribution in [3.8, 4) is 0 Å². The second-order valence-electron chi connectivity index (χ2n) is 3.92. The van der Waals surface area contributed by atoms with Gasteiger partial charge in [-0.3, -0.25) is 9.59 Å². The molecule has 2 atom stereocenters. The number of methoxy groups -OCH3 is 1. The summed E-state index contributed by atoms with van der Waals surface area (Å²) in [5.41, 5.74) is 11.1. The summed E-state index contributed by atoms with van der Waals surface area (Å²) in [6.07, 6.45) is 0. The fraction of sp³-hybridized carbons (Fsp3) is 0.778. The first kappa shape index (κ1) is 16.6. The van der Waals surface area contributed by atoms with Gasteiger partial charge < -0.3 is 21.3 Å². The second kappa shape index (κ2) is 7.10. The summed E-state index contributed by atoms with van der Waals surface area (Å²) < 4.78 is 4.00. The molecule has 0 aliphatic rings. The molecule has 0 saturated heterocycles. The summed E-state index contributed by atoms with van der Waals surface area (Å²) >= 11 is 0. The minimum atomic E-state index is -1.05. The van der Waals surface area contributed by atoms with Crippen molar-refractivity contribution in [1.82, 2.24) is 0 Å². The lowest BCUT2D eigenvalue weighted by Crippen LogP contribution is -2.47. The van der Waals surface area contributed by atoms with E-state index in [0.29, 0.717) is 0 Å². The molecule has 0 unspecified atom stereocenters. The molecule has 17 heavy (non-hydrogen) atoms. The number of hydrogen-bond donors (Lipinski definition) is 3. The first-order chi connectivity index (χ1) is 7.72. The number of carboxylic acids is 1. The molecule has 0 radical (unpaired) electrons. The first-order valence-corrected chi connectivity index (χ1v) is 7.16. The number of aliphatic carboxylic acids is 1. The molecule has 0 aliphatic carbocycles. The average molecular weight is 282 g/mol. The van der Waals surface area contributed by atoms with Crippen LogP contribution < -0.4 is 11.5 Å². The average Bonchev–Trinajstić information content (AvgIpc) is 2.26. The summed E-state index contributed by atoms with van der Waals surface area (Å²) in [4.78, 5) is 21.8. The van der Waals surface area contributed by atoms with E-state index >= 15 is 0 Å². The van der Waals surface area contributed by atoms with Gasteiger partial charge in [0, 0.05) is 10.5 Å². The van der Waals surface area contributed by atoms with Crippen LogP contribution in [0.25, 0.3) is 0 Å². The minimum Gasteiger partial charge on any atom is -0.480 e. The number of carbonyl (C=O) groups is 2. The predicted octanol–water partition coefficient (Wildman–Crippen LogP) is 0.0586. The molecule has 0 aliphatic heterocycles. The van der Waals surface area contributed by atoms with Gasteiger partial charge in [-0.25, -0.2) is 0 Å². The van der Waals surface area contributed by atoms with Crippen molar-refractivity contribution in [3.05, 3.63) is 0 Å². The van der Waals surface area contributed by atoms with Gasteiger partial charge in [-0.15, -0.1) is 0 Å². The third-order valence-electron chi connectivity index (χ3n) is 2.04. The highest BCUT2D eigenvalue weighted by Gasteiger charge is 2.34. The quantitative estimate of drug-likeness (QED) is 0.443. The predicted molar refractivity (Wildman–Crippen MR) is 69.7 cm³/mol. The van der Waals surface area contributed by atoms with Crippen molar-refractivity contribution < 1.29 is 19.4 Å². The highest BCUT2D eigenvalue weighted by atomic mass is 33.1. The minimum absolute atomic E-state index is 0.247. The Hall–Kier alpha value is -0.440. The molecule has 0 heterocycles. The summed E-state index contributed by atoms with van der Waals surface area (Å²) in [5, 5.41) is 8.60. The number of hydrogen-bond acceptors (Lipinski definition) is 7. The zero-order chi connectivity index (χ0) is 13.6. The largest absolute Gasteiger partial charge is 0.480 e. The van der Waals surface area contributed by atoms with Gasteiger partial charge in [0.1, 0.15) is 12.1 Å². The SMILES string of the molecule is COC(=O)[C@@H](N)C(C)(C)SSC[C@H](N)C(=O)O. The van der Waals surface area contributed by atoms with Crippen molar-refractivity contribution in [1.29, 1.82) is 0 Å². The standard InChI is InChI=1S/C9H18N2O4S2/c1-9(2,6(11)8(14)15-3)17-16-4-5(10)7(12)13/h5-6H,4,10-11H2,1-3H3,(H,12,13)/t5-,6+/m0/s1. The molecule has 0 fully saturated rings. The fourth-order valence-corrected chi connectivity index (χ4v) is 3.52. The molecule has 5 N–H and O–H groups in total. The van der Waals surface area contributed by atoms with Crippen molar-refractivity contribution in [3.63, 3.8) is 0 Å². The molecular weight excluding hydrogens is 264 g/mol. The molecule has 0 saturated carbocycles. The Balaban J connectivity index is 4.18. The van der Waals surface area contributed by atoms with E-state index < -0.39 is 28.8 Å². The van der Waals surface area contributed by atoms with Crippen molar-refractivity contribution in [2.45, 2.75) is 30.7 Å². The van der Waals surface area contributed by atoms with Crippen LogP contribution in [0.2, 0.25) is 0 Å². The Morgan fingerprint density at radius 1 is 1.41 bits per heavy atom. The molecule has 0 spiro atoms. The van der Waals surface area contributed by atoms with Crippen LogP contribution in [0.15, 0.2) is 0 Å². The fourth-order valence-electron chi connectivity index (χ4n) is 0.793. The molecular formula is C9H18N2O4S2. The van der Waals surface area contributed by atoms with Gasteiger partial charge in [-0.05, 0) is 13.8 Å². The lowest BCUT2D eigenvalue weighted by molar-refractivity contribution is -0.142. The van der Waals surface area contributed by atoms with E-state index in [-0.39, 0.29) is 5.75 Å². The van der Waals surface area contributed by atoms with Crippen LogP contribution in [0.4, 0.5) is 0 Å². The van der Waals surface area contributed by atoms with Crippen molar-refractivity contribution >= 4 is 33.5 Å². The Labute approximate surface area is 108 Å². The van der Waals surface area contributed by atoms with Gasteiger partial charge in [0.15, 0.2) is 0 Å². The molecule has 0 aromatic carbocycles. The first-order valence-electron chi connectivity index (χ1n) is 4.84. The van der Waals surface area contributed by atoms with E-state index in [0.717, 1.165) is 0 Å². The van der Waals surface area contributed by atoms with E-state index in [4.69, 9.17) is 16.6 Å². The Bertz CT molecular complexity index is 286. The zero-order valence-corrected chi connectivity index (χ0v) is 11.6. The highest BCUT2D eigenvalue weighted by molar-refractivity contribution is 8.77. The Morgan fingerprint density at radius 2 is 1.94 bits per heavy atom. The van der Waals surface area contributed by atoms with E-state index in [2.05, 4.69) is 4.74 Å². The zero-order valence-electron chi connectivity index (χ0n) is 10.0. The smallest absolute Gasteiger partial charge is 0.324 e. The Kier molecular flexibility index (Phi) is 6.91. The van der Waals surface area contributed by atoms with Crippen LogP contribution in [-0.2, 0) is 14.3 Å². The van der Waals surface area contributed by atoms with Crippen LogP contribution in [-0.4, -0.2) is 46.7 Å². The molecule has 0 bridgehead atoms. The molecule has 0 rings (SSSR count). The maximum Gasteiger partial charge on any atom is 0.324 e.